The summed E-state index contributed by atoms with van der Waals surface area (Å²) in [7, 11) is 0. The number of benzene rings is 2. The second-order valence-electron chi connectivity index (χ2n) is 9.97. The summed E-state index contributed by atoms with van der Waals surface area (Å²) in [6.07, 6.45) is 3.48. The summed E-state index contributed by atoms with van der Waals surface area (Å²) >= 11 is 0. The number of rotatable bonds is 2. The average Bonchev–Trinajstić information content (AvgIpc) is 3.43. The molecule has 4 fully saturated rings. The van der Waals surface area contributed by atoms with Crippen LogP contribution in [0.3, 0.4) is 0 Å². The normalized spacial score (nSPS) is 37.5. The van der Waals surface area contributed by atoms with Crippen molar-refractivity contribution in [2.75, 3.05) is 18.1 Å². The first-order valence-corrected chi connectivity index (χ1v) is 11.5. The van der Waals surface area contributed by atoms with Crippen LogP contribution >= 0.6 is 0 Å². The number of fused-ring (bicyclic) bond motifs is 1. The molecule has 1 saturated carbocycles. The highest BCUT2D eigenvalue weighted by atomic mass is 16.5. The fourth-order valence-corrected chi connectivity index (χ4v) is 8.04. The number of Topliss-reactive ketones (excluding diaryl/α,β-unsaturated/α-hetero) is 1. The number of carbonyl (C=O) groups excluding carboxylic acids is 2. The fraction of sp³-hybridized carbons (Fsp3) is 0.462. The predicted octanol–water partition coefficient (Wildman–Crippen LogP) is 3.42. The number of piperidine rings is 1. The third-order valence-electron chi connectivity index (χ3n) is 8.93. The molecule has 1 amide bonds. The van der Waals surface area contributed by atoms with Gasteiger partial charge in [-0.2, -0.15) is 0 Å². The van der Waals surface area contributed by atoms with Gasteiger partial charge < -0.3 is 14.5 Å². The Morgan fingerprint density at radius 2 is 1.77 bits per heavy atom. The van der Waals surface area contributed by atoms with E-state index >= 15 is 0 Å². The molecule has 2 aromatic carbocycles. The minimum absolute atomic E-state index is 0.196. The van der Waals surface area contributed by atoms with E-state index in [0.717, 1.165) is 24.9 Å². The molecule has 0 N–H and O–H groups in total. The highest BCUT2D eigenvalue weighted by Crippen LogP contribution is 2.72. The molecule has 7 rings (SSSR count). The third-order valence-corrected chi connectivity index (χ3v) is 8.93. The minimum atomic E-state index is -0.685. The second-order valence-corrected chi connectivity index (χ2v) is 9.97. The smallest absolute Gasteiger partial charge is 0.224 e. The molecule has 5 heteroatoms. The van der Waals surface area contributed by atoms with Crippen molar-refractivity contribution < 1.29 is 14.3 Å². The van der Waals surface area contributed by atoms with Crippen molar-refractivity contribution in [2.45, 2.75) is 55.8 Å². The molecule has 4 aliphatic heterocycles. The van der Waals surface area contributed by atoms with Crippen molar-refractivity contribution in [3.63, 3.8) is 0 Å². The van der Waals surface area contributed by atoms with Crippen molar-refractivity contribution in [3.05, 3.63) is 65.7 Å². The second kappa shape index (κ2) is 5.77. The molecule has 31 heavy (non-hydrogen) atoms. The Kier molecular flexibility index (Phi) is 3.34. The largest absolute Gasteiger partial charge is 0.356 e. The van der Waals surface area contributed by atoms with Crippen LogP contribution in [0.4, 0.5) is 5.69 Å². The van der Waals surface area contributed by atoms with E-state index in [1.54, 1.807) is 0 Å². The molecule has 4 atom stereocenters. The van der Waals surface area contributed by atoms with E-state index in [-0.39, 0.29) is 17.4 Å². The minimum Gasteiger partial charge on any atom is -0.356 e. The Morgan fingerprint density at radius 1 is 0.968 bits per heavy atom. The van der Waals surface area contributed by atoms with Crippen LogP contribution in [0.5, 0.6) is 0 Å². The van der Waals surface area contributed by atoms with E-state index in [0.29, 0.717) is 38.3 Å². The first-order chi connectivity index (χ1) is 15.1. The van der Waals surface area contributed by atoms with Crippen LogP contribution in [-0.4, -0.2) is 41.5 Å². The van der Waals surface area contributed by atoms with Crippen molar-refractivity contribution in [3.8, 4) is 0 Å². The molecule has 4 heterocycles. The number of ether oxygens (including phenoxy) is 1. The summed E-state index contributed by atoms with van der Waals surface area (Å²) in [4.78, 5) is 31.5. The quantitative estimate of drug-likeness (QED) is 0.756. The lowest BCUT2D eigenvalue weighted by Gasteiger charge is -2.61. The van der Waals surface area contributed by atoms with Crippen LogP contribution < -0.4 is 4.90 Å². The van der Waals surface area contributed by atoms with E-state index < -0.39 is 11.1 Å². The van der Waals surface area contributed by atoms with Crippen LogP contribution in [0.15, 0.2) is 54.6 Å². The van der Waals surface area contributed by atoms with E-state index in [2.05, 4.69) is 53.4 Å². The summed E-state index contributed by atoms with van der Waals surface area (Å²) in [5.74, 6) is 0.519. The van der Waals surface area contributed by atoms with Gasteiger partial charge in [-0.25, -0.2) is 0 Å². The van der Waals surface area contributed by atoms with E-state index in [1.165, 1.54) is 11.1 Å². The van der Waals surface area contributed by atoms with Gasteiger partial charge in [-0.3, -0.25) is 9.59 Å². The number of nitrogens with zero attached hydrogens (tertiary/aromatic N) is 2. The monoisotopic (exact) mass is 414 g/mol. The number of para-hydroxylation sites is 1. The standard InChI is InChI=1S/C26H26N2O3/c29-21-16-24-11-10-22(30)28-14-12-25(26(24,28)31-15-13-24)19-8-4-5-9-20(19)27(23(21)25)17-18-6-2-1-3-7-18/h1-9,23H,10-17H2/t23-,24+,25-,26+/m1/s1. The van der Waals surface area contributed by atoms with Crippen LogP contribution in [0, 0.1) is 5.41 Å². The van der Waals surface area contributed by atoms with Gasteiger partial charge in [0.1, 0.15) is 6.04 Å². The summed E-state index contributed by atoms with van der Waals surface area (Å²) in [5.41, 5.74) is 2.10. The molecule has 3 saturated heterocycles. The Bertz CT molecular complexity index is 1120. The average molecular weight is 415 g/mol. The highest BCUT2D eigenvalue weighted by molar-refractivity contribution is 5.97. The number of hydrogen-bond donors (Lipinski definition) is 0. The number of amides is 1. The predicted molar refractivity (Wildman–Crippen MR) is 115 cm³/mol. The lowest BCUT2D eigenvalue weighted by Crippen LogP contribution is -2.75. The number of ketones is 1. The lowest BCUT2D eigenvalue weighted by molar-refractivity contribution is -0.227. The first-order valence-electron chi connectivity index (χ1n) is 11.5. The fourth-order valence-electron chi connectivity index (χ4n) is 8.04. The van der Waals surface area contributed by atoms with Gasteiger partial charge in [-0.1, -0.05) is 48.5 Å². The molecule has 0 aromatic heterocycles. The van der Waals surface area contributed by atoms with Gasteiger partial charge in [0.15, 0.2) is 11.5 Å². The first kappa shape index (κ1) is 18.0. The Hall–Kier alpha value is -2.66. The van der Waals surface area contributed by atoms with Crippen LogP contribution in [-0.2, 0) is 26.3 Å². The molecule has 1 aliphatic carbocycles. The number of anilines is 1. The number of carbonyl (C=O) groups is 2. The Labute approximate surface area is 182 Å². The van der Waals surface area contributed by atoms with Crippen LogP contribution in [0.2, 0.25) is 0 Å². The van der Waals surface area contributed by atoms with Gasteiger partial charge >= 0.3 is 0 Å². The van der Waals surface area contributed by atoms with Crippen LogP contribution in [0.25, 0.3) is 0 Å². The maximum atomic E-state index is 14.0. The van der Waals surface area contributed by atoms with Gasteiger partial charge in [0.2, 0.25) is 5.91 Å². The van der Waals surface area contributed by atoms with Crippen LogP contribution in [0.1, 0.15) is 43.2 Å². The van der Waals surface area contributed by atoms with E-state index in [4.69, 9.17) is 4.74 Å². The highest BCUT2D eigenvalue weighted by Gasteiger charge is 2.82. The molecule has 0 unspecified atom stereocenters. The Balaban J connectivity index is 1.48. The molecular formula is C26H26N2O3. The zero-order chi connectivity index (χ0) is 20.8. The molecule has 2 aromatic rings. The van der Waals surface area contributed by atoms with Crippen molar-refractivity contribution in [1.82, 2.24) is 4.90 Å². The molecule has 0 bridgehead atoms. The van der Waals surface area contributed by atoms with Gasteiger partial charge in [0.05, 0.1) is 12.0 Å². The molecule has 158 valence electrons. The maximum Gasteiger partial charge on any atom is 0.224 e. The zero-order valence-corrected chi connectivity index (χ0v) is 17.5. The Morgan fingerprint density at radius 3 is 2.65 bits per heavy atom. The topological polar surface area (TPSA) is 49.9 Å². The van der Waals surface area contributed by atoms with Gasteiger partial charge in [-0.05, 0) is 36.5 Å². The summed E-state index contributed by atoms with van der Waals surface area (Å²) in [5, 5.41) is 0. The van der Waals surface area contributed by atoms with Gasteiger partial charge in [-0.15, -0.1) is 0 Å². The zero-order valence-electron chi connectivity index (χ0n) is 17.5. The van der Waals surface area contributed by atoms with Crippen molar-refractivity contribution in [2.24, 2.45) is 5.41 Å². The SMILES string of the molecule is O=C1C[C@]23CCO[C@@]24N(CC[C@]42c4ccccc4N(Cc4ccccc4)[C@H]12)C(=O)CC3. The molecule has 5 aliphatic rings. The molecule has 2 spiro atoms. The van der Waals surface area contributed by atoms with E-state index in [9.17, 15) is 9.59 Å². The summed E-state index contributed by atoms with van der Waals surface area (Å²) < 4.78 is 6.73. The molecule has 5 nitrogen and oxygen atoms in total. The molecular weight excluding hydrogens is 388 g/mol. The van der Waals surface area contributed by atoms with E-state index in [1.807, 2.05) is 11.0 Å². The summed E-state index contributed by atoms with van der Waals surface area (Å²) in [6, 6.07) is 18.6. The van der Waals surface area contributed by atoms with Gasteiger partial charge in [0.25, 0.3) is 0 Å². The van der Waals surface area contributed by atoms with Crippen molar-refractivity contribution in [1.29, 1.82) is 0 Å². The van der Waals surface area contributed by atoms with Gasteiger partial charge in [0, 0.05) is 37.0 Å². The molecule has 0 radical (unpaired) electrons. The third kappa shape index (κ3) is 1.85. The maximum absolute atomic E-state index is 14.0. The lowest BCUT2D eigenvalue weighted by atomic mass is 9.50. The summed E-state index contributed by atoms with van der Waals surface area (Å²) in [6.45, 7) is 2.00. The van der Waals surface area contributed by atoms with Crippen molar-refractivity contribution >= 4 is 17.4 Å². The number of hydrogen-bond acceptors (Lipinski definition) is 4.